The largest absolute Gasteiger partial charge is 0.492 e. The van der Waals surface area contributed by atoms with Crippen molar-refractivity contribution in [1.82, 2.24) is 30.1 Å². The summed E-state index contributed by atoms with van der Waals surface area (Å²) in [5, 5.41) is 18.1. The van der Waals surface area contributed by atoms with Crippen LogP contribution in [0.25, 0.3) is 11.4 Å². The molecule has 0 saturated carbocycles. The standard InChI is InChI=1S/C30H37N7O4/c1-19-10-11-20(14-23(19)37-17-25(34-35-37)41-28(39)31-18-29(2,3)4)27(38)33-22-15-21(30(5,6)7)16-24(26(22)40-8)36-13-9-12-32-36/h9-17H,18H2,1-8H3,(H,31,39)(H,33,38). The molecule has 0 radical (unpaired) electrons. The second-order valence-electron chi connectivity index (χ2n) is 12.0. The van der Waals surface area contributed by atoms with Gasteiger partial charge in [-0.3, -0.25) is 4.79 Å². The minimum atomic E-state index is -0.613. The molecule has 0 atom stereocenters. The lowest BCUT2D eigenvalue weighted by atomic mass is 9.86. The lowest BCUT2D eigenvalue weighted by molar-refractivity contribution is 0.102. The van der Waals surface area contributed by atoms with Gasteiger partial charge in [0.05, 0.1) is 24.7 Å². The van der Waals surface area contributed by atoms with E-state index in [1.54, 1.807) is 30.1 Å². The third-order valence-corrected chi connectivity index (χ3v) is 6.29. The normalized spacial score (nSPS) is 11.7. The highest BCUT2D eigenvalue weighted by Gasteiger charge is 2.23. The van der Waals surface area contributed by atoms with Crippen molar-refractivity contribution in [3.63, 3.8) is 0 Å². The molecule has 0 saturated heterocycles. The van der Waals surface area contributed by atoms with E-state index in [0.717, 1.165) is 11.1 Å². The summed E-state index contributed by atoms with van der Waals surface area (Å²) in [6.45, 7) is 14.7. The Kier molecular flexibility index (Phi) is 8.18. The highest BCUT2D eigenvalue weighted by Crippen LogP contribution is 2.37. The maximum atomic E-state index is 13.5. The van der Waals surface area contributed by atoms with Crippen LogP contribution in [-0.4, -0.2) is 50.4 Å². The highest BCUT2D eigenvalue weighted by molar-refractivity contribution is 6.05. The zero-order valence-corrected chi connectivity index (χ0v) is 24.8. The molecule has 2 aromatic heterocycles. The average molecular weight is 560 g/mol. The van der Waals surface area contributed by atoms with Crippen molar-refractivity contribution in [3.05, 3.63) is 71.7 Å². The number of rotatable bonds is 7. The van der Waals surface area contributed by atoms with Crippen molar-refractivity contribution >= 4 is 17.7 Å². The van der Waals surface area contributed by atoms with Gasteiger partial charge in [-0.25, -0.2) is 14.2 Å². The molecule has 216 valence electrons. The highest BCUT2D eigenvalue weighted by atomic mass is 16.6. The van der Waals surface area contributed by atoms with Gasteiger partial charge in [0.1, 0.15) is 5.69 Å². The third-order valence-electron chi connectivity index (χ3n) is 6.29. The number of carbonyl (C=O) groups is 2. The van der Waals surface area contributed by atoms with Crippen LogP contribution < -0.4 is 20.1 Å². The number of hydrogen-bond acceptors (Lipinski definition) is 7. The first kappa shape index (κ1) is 29.3. The van der Waals surface area contributed by atoms with Gasteiger partial charge in [0.25, 0.3) is 11.8 Å². The Morgan fingerprint density at radius 2 is 1.76 bits per heavy atom. The number of nitrogens with one attached hydrogen (secondary N) is 2. The molecule has 41 heavy (non-hydrogen) atoms. The van der Waals surface area contributed by atoms with Gasteiger partial charge >= 0.3 is 6.09 Å². The SMILES string of the molecule is COc1c(NC(=O)c2ccc(C)c(-n3cc(OC(=O)NCC(C)(C)C)nn3)c2)cc(C(C)(C)C)cc1-n1cccn1. The van der Waals surface area contributed by atoms with E-state index < -0.39 is 6.09 Å². The number of ether oxygens (including phenoxy) is 2. The second kappa shape index (κ2) is 11.4. The van der Waals surface area contributed by atoms with Gasteiger partial charge in [-0.15, -0.1) is 0 Å². The van der Waals surface area contributed by atoms with Crippen molar-refractivity contribution in [2.45, 2.75) is 53.9 Å². The van der Waals surface area contributed by atoms with Crippen molar-refractivity contribution < 1.29 is 19.1 Å². The lowest BCUT2D eigenvalue weighted by Gasteiger charge is -2.23. The Labute approximate surface area is 239 Å². The number of methoxy groups -OCH3 is 1. The van der Waals surface area contributed by atoms with E-state index in [1.165, 1.54) is 10.9 Å². The van der Waals surface area contributed by atoms with Gasteiger partial charge in [0.2, 0.25) is 0 Å². The van der Waals surface area contributed by atoms with Crippen LogP contribution in [0.5, 0.6) is 11.6 Å². The third kappa shape index (κ3) is 7.10. The molecule has 11 heteroatoms. The molecule has 2 amide bonds. The number of nitrogens with zero attached hydrogens (tertiary/aromatic N) is 5. The van der Waals surface area contributed by atoms with Crippen LogP contribution in [0.15, 0.2) is 55.0 Å². The molecule has 4 rings (SSSR count). The Bertz CT molecular complexity index is 1540. The summed E-state index contributed by atoms with van der Waals surface area (Å²) in [6.07, 6.45) is 4.39. The molecule has 4 aromatic rings. The van der Waals surface area contributed by atoms with Crippen molar-refractivity contribution in [3.8, 4) is 23.0 Å². The summed E-state index contributed by atoms with van der Waals surface area (Å²) in [7, 11) is 1.56. The molecule has 0 spiro atoms. The molecule has 0 fully saturated rings. The first-order valence-corrected chi connectivity index (χ1v) is 13.3. The van der Waals surface area contributed by atoms with Gasteiger partial charge in [-0.2, -0.15) is 5.10 Å². The van der Waals surface area contributed by atoms with Crippen LogP contribution >= 0.6 is 0 Å². The molecular formula is C30H37N7O4. The summed E-state index contributed by atoms with van der Waals surface area (Å²) in [4.78, 5) is 25.7. The van der Waals surface area contributed by atoms with Gasteiger partial charge in [-0.05, 0) is 59.2 Å². The van der Waals surface area contributed by atoms with Crippen LogP contribution in [0.1, 0.15) is 63.0 Å². The fraction of sp³-hybridized carbons (Fsp3) is 0.367. The fourth-order valence-corrected chi connectivity index (χ4v) is 4.01. The number of hydrogen-bond donors (Lipinski definition) is 2. The molecular weight excluding hydrogens is 522 g/mol. The molecule has 2 aromatic carbocycles. The van der Waals surface area contributed by atoms with E-state index >= 15 is 0 Å². The van der Waals surface area contributed by atoms with Crippen molar-refractivity contribution in [1.29, 1.82) is 0 Å². The molecule has 0 aliphatic heterocycles. The minimum absolute atomic E-state index is 0.0422. The Morgan fingerprint density at radius 1 is 1.00 bits per heavy atom. The minimum Gasteiger partial charge on any atom is -0.492 e. The van der Waals surface area contributed by atoms with E-state index in [-0.39, 0.29) is 22.6 Å². The summed E-state index contributed by atoms with van der Waals surface area (Å²) in [6, 6.07) is 11.0. The summed E-state index contributed by atoms with van der Waals surface area (Å²) >= 11 is 0. The van der Waals surface area contributed by atoms with Gasteiger partial charge < -0.3 is 20.1 Å². The number of aryl methyl sites for hydroxylation is 1. The van der Waals surface area contributed by atoms with Gasteiger partial charge in [0.15, 0.2) is 5.75 Å². The summed E-state index contributed by atoms with van der Waals surface area (Å²) in [5.74, 6) is 0.200. The second-order valence-corrected chi connectivity index (χ2v) is 12.0. The van der Waals surface area contributed by atoms with Crippen LogP contribution in [0.3, 0.4) is 0 Å². The number of anilines is 1. The van der Waals surface area contributed by atoms with E-state index in [4.69, 9.17) is 9.47 Å². The molecule has 0 aliphatic carbocycles. The van der Waals surface area contributed by atoms with Crippen molar-refractivity contribution in [2.24, 2.45) is 5.41 Å². The smallest absolute Gasteiger partial charge is 0.414 e. The van der Waals surface area contributed by atoms with Gasteiger partial charge in [0, 0.05) is 24.5 Å². The maximum absolute atomic E-state index is 13.5. The molecule has 0 aliphatic rings. The molecule has 11 nitrogen and oxygen atoms in total. The molecule has 0 unspecified atom stereocenters. The zero-order valence-electron chi connectivity index (χ0n) is 24.8. The van der Waals surface area contributed by atoms with Gasteiger partial charge in [-0.1, -0.05) is 57.9 Å². The number of benzene rings is 2. The zero-order chi connectivity index (χ0) is 29.9. The summed E-state index contributed by atoms with van der Waals surface area (Å²) in [5.41, 5.74) is 3.82. The fourth-order valence-electron chi connectivity index (χ4n) is 4.01. The average Bonchev–Trinajstić information content (AvgIpc) is 3.59. The Balaban J connectivity index is 1.60. The Morgan fingerprint density at radius 3 is 2.39 bits per heavy atom. The molecule has 0 bridgehead atoms. The van der Waals surface area contributed by atoms with E-state index in [1.807, 2.05) is 58.2 Å². The number of carbonyl (C=O) groups excluding carboxylic acids is 2. The predicted molar refractivity (Wildman–Crippen MR) is 156 cm³/mol. The number of aromatic nitrogens is 5. The van der Waals surface area contributed by atoms with Crippen LogP contribution in [0.2, 0.25) is 0 Å². The maximum Gasteiger partial charge on any atom is 0.414 e. The Hall–Kier alpha value is -4.67. The molecule has 2 N–H and O–H groups in total. The van der Waals surface area contributed by atoms with E-state index in [0.29, 0.717) is 34.9 Å². The van der Waals surface area contributed by atoms with Crippen LogP contribution in [-0.2, 0) is 5.41 Å². The monoisotopic (exact) mass is 559 g/mol. The first-order valence-electron chi connectivity index (χ1n) is 13.3. The van der Waals surface area contributed by atoms with E-state index in [2.05, 4.69) is 46.8 Å². The van der Waals surface area contributed by atoms with Crippen LogP contribution in [0.4, 0.5) is 10.5 Å². The first-order chi connectivity index (χ1) is 19.2. The lowest BCUT2D eigenvalue weighted by Crippen LogP contribution is -2.34. The van der Waals surface area contributed by atoms with E-state index in [9.17, 15) is 9.59 Å². The van der Waals surface area contributed by atoms with Crippen LogP contribution in [0, 0.1) is 12.3 Å². The molecule has 2 heterocycles. The predicted octanol–water partition coefficient (Wildman–Crippen LogP) is 5.45. The quantitative estimate of drug-likeness (QED) is 0.308. The summed E-state index contributed by atoms with van der Waals surface area (Å²) < 4.78 is 14.2. The number of amides is 2. The van der Waals surface area contributed by atoms with Crippen molar-refractivity contribution in [2.75, 3.05) is 19.0 Å². The topological polar surface area (TPSA) is 125 Å².